The predicted octanol–water partition coefficient (Wildman–Crippen LogP) is 4.04. The summed E-state index contributed by atoms with van der Waals surface area (Å²) in [6.45, 7) is 0. The minimum Gasteiger partial charge on any atom is -0.124 e. The molecular weight excluding hydrogens is 208 g/mol. The number of rotatable bonds is 0. The Morgan fingerprint density at radius 2 is 1.71 bits per heavy atom. The zero-order valence-electron chi connectivity index (χ0n) is 7.69. The monoisotopic (exact) mass is 218 g/mol. The van der Waals surface area contributed by atoms with Crippen LogP contribution in [0, 0.1) is 0 Å². The van der Waals surface area contributed by atoms with Crippen molar-refractivity contribution >= 4 is 34.3 Å². The van der Waals surface area contributed by atoms with Gasteiger partial charge in [0, 0.05) is 21.3 Å². The van der Waals surface area contributed by atoms with Crippen molar-refractivity contribution in [1.29, 1.82) is 0 Å². The van der Waals surface area contributed by atoms with Gasteiger partial charge in [0.2, 0.25) is 0 Å². The highest BCUT2D eigenvalue weighted by Gasteiger charge is 2.12. The number of fused-ring (bicyclic) bond motifs is 3. The van der Waals surface area contributed by atoms with Gasteiger partial charge in [-0.25, -0.2) is 0 Å². The van der Waals surface area contributed by atoms with Crippen LogP contribution in [-0.2, 0) is 0 Å². The molecule has 0 saturated heterocycles. The van der Waals surface area contributed by atoms with E-state index < -0.39 is 0 Å². The van der Waals surface area contributed by atoms with E-state index in [4.69, 9.17) is 0 Å². The molecule has 0 N–H and O–H groups in total. The molecule has 1 aliphatic heterocycles. The van der Waals surface area contributed by atoms with Gasteiger partial charge in [-0.05, 0) is 16.8 Å². The summed E-state index contributed by atoms with van der Waals surface area (Å²) in [4.78, 5) is 2.94. The summed E-state index contributed by atoms with van der Waals surface area (Å²) >= 11 is 3.98. The molecule has 0 unspecified atom stereocenters. The van der Waals surface area contributed by atoms with Crippen molar-refractivity contribution in [3.8, 4) is 0 Å². The molecule has 2 heteroatoms. The van der Waals surface area contributed by atoms with Crippen molar-refractivity contribution < 1.29 is 0 Å². The number of benzene rings is 2. The van der Waals surface area contributed by atoms with Gasteiger partial charge >= 0.3 is 0 Å². The minimum absolute atomic E-state index is 1.24. The minimum atomic E-state index is 1.24. The van der Waals surface area contributed by atoms with Gasteiger partial charge in [-0.3, -0.25) is 0 Å². The Balaban J connectivity index is 2.34. The van der Waals surface area contributed by atoms with Crippen LogP contribution in [0.5, 0.6) is 0 Å². The SMILES string of the molecule is c1ccc2c3c(ccc2c1)SCCS3. The normalized spacial score (nSPS) is 15.4. The first-order valence-corrected chi connectivity index (χ1v) is 6.69. The fourth-order valence-corrected chi connectivity index (χ4v) is 4.18. The molecule has 0 fully saturated rings. The van der Waals surface area contributed by atoms with E-state index in [1.165, 1.54) is 32.1 Å². The molecular formula is C12H10S2. The van der Waals surface area contributed by atoms with E-state index in [-0.39, 0.29) is 0 Å². The highest BCUT2D eigenvalue weighted by Crippen LogP contribution is 2.40. The topological polar surface area (TPSA) is 0 Å². The van der Waals surface area contributed by atoms with Crippen molar-refractivity contribution in [2.24, 2.45) is 0 Å². The van der Waals surface area contributed by atoms with E-state index in [0.717, 1.165) is 0 Å². The lowest BCUT2D eigenvalue weighted by molar-refractivity contribution is 1.27. The van der Waals surface area contributed by atoms with Gasteiger partial charge in [-0.2, -0.15) is 0 Å². The van der Waals surface area contributed by atoms with Crippen LogP contribution in [0.3, 0.4) is 0 Å². The van der Waals surface area contributed by atoms with Crippen LogP contribution >= 0.6 is 23.5 Å². The summed E-state index contributed by atoms with van der Waals surface area (Å²) in [6.07, 6.45) is 0. The van der Waals surface area contributed by atoms with Gasteiger partial charge in [0.1, 0.15) is 0 Å². The van der Waals surface area contributed by atoms with Gasteiger partial charge < -0.3 is 0 Å². The Morgan fingerprint density at radius 3 is 2.71 bits per heavy atom. The maximum atomic E-state index is 2.26. The predicted molar refractivity (Wildman–Crippen MR) is 65.4 cm³/mol. The average molecular weight is 218 g/mol. The van der Waals surface area contributed by atoms with Crippen LogP contribution in [0.1, 0.15) is 0 Å². The highest BCUT2D eigenvalue weighted by molar-refractivity contribution is 8.05. The summed E-state index contributed by atoms with van der Waals surface area (Å²) in [5.74, 6) is 2.49. The van der Waals surface area contributed by atoms with Crippen molar-refractivity contribution in [3.05, 3.63) is 36.4 Å². The highest BCUT2D eigenvalue weighted by atomic mass is 32.2. The maximum Gasteiger partial charge on any atom is 0.0287 e. The average Bonchev–Trinajstić information content (AvgIpc) is 2.29. The Morgan fingerprint density at radius 1 is 0.857 bits per heavy atom. The van der Waals surface area contributed by atoms with Gasteiger partial charge in [-0.1, -0.05) is 30.3 Å². The van der Waals surface area contributed by atoms with E-state index in [1.807, 2.05) is 23.5 Å². The molecule has 0 spiro atoms. The van der Waals surface area contributed by atoms with E-state index >= 15 is 0 Å². The third kappa shape index (κ3) is 1.33. The fourth-order valence-electron chi connectivity index (χ4n) is 1.78. The second-order valence-electron chi connectivity index (χ2n) is 3.31. The summed E-state index contributed by atoms with van der Waals surface area (Å²) in [7, 11) is 0. The van der Waals surface area contributed by atoms with Crippen LogP contribution < -0.4 is 0 Å². The molecule has 1 aliphatic rings. The second-order valence-corrected chi connectivity index (χ2v) is 5.55. The van der Waals surface area contributed by atoms with Crippen LogP contribution in [0.25, 0.3) is 10.8 Å². The largest absolute Gasteiger partial charge is 0.124 e. The summed E-state index contributed by atoms with van der Waals surface area (Å²) in [5.41, 5.74) is 0. The molecule has 2 aromatic carbocycles. The molecule has 14 heavy (non-hydrogen) atoms. The first-order chi connectivity index (χ1) is 6.95. The van der Waals surface area contributed by atoms with E-state index in [1.54, 1.807) is 0 Å². The van der Waals surface area contributed by atoms with Crippen LogP contribution in [0.4, 0.5) is 0 Å². The Kier molecular flexibility index (Phi) is 2.18. The molecule has 1 heterocycles. The first-order valence-electron chi connectivity index (χ1n) is 4.72. The van der Waals surface area contributed by atoms with Crippen molar-refractivity contribution in [1.82, 2.24) is 0 Å². The number of hydrogen-bond acceptors (Lipinski definition) is 2. The van der Waals surface area contributed by atoms with Gasteiger partial charge in [-0.15, -0.1) is 23.5 Å². The van der Waals surface area contributed by atoms with Gasteiger partial charge in [0.25, 0.3) is 0 Å². The Hall–Kier alpha value is -0.600. The van der Waals surface area contributed by atoms with Crippen molar-refractivity contribution in [3.63, 3.8) is 0 Å². The van der Waals surface area contributed by atoms with E-state index in [2.05, 4.69) is 36.4 Å². The third-order valence-corrected chi connectivity index (χ3v) is 5.01. The molecule has 0 aromatic heterocycles. The molecule has 3 rings (SSSR count). The summed E-state index contributed by atoms with van der Waals surface area (Å²) < 4.78 is 0. The van der Waals surface area contributed by atoms with Crippen molar-refractivity contribution in [2.45, 2.75) is 9.79 Å². The molecule has 0 atom stereocenters. The Bertz CT molecular complexity index is 477. The molecule has 70 valence electrons. The van der Waals surface area contributed by atoms with Crippen molar-refractivity contribution in [2.75, 3.05) is 11.5 Å². The summed E-state index contributed by atoms with van der Waals surface area (Å²) in [6, 6.07) is 13.1. The lowest BCUT2D eigenvalue weighted by Crippen LogP contribution is -1.94. The summed E-state index contributed by atoms with van der Waals surface area (Å²) in [5, 5.41) is 2.78. The molecule has 0 bridgehead atoms. The zero-order valence-corrected chi connectivity index (χ0v) is 9.33. The standard InChI is InChI=1S/C12H10S2/c1-2-4-10-9(3-1)5-6-11-12(10)14-8-7-13-11/h1-6H,7-8H2. The Labute approximate surface area is 92.1 Å². The molecule has 0 saturated carbocycles. The van der Waals surface area contributed by atoms with Gasteiger partial charge in [0.15, 0.2) is 0 Å². The maximum absolute atomic E-state index is 2.26. The number of thioether (sulfide) groups is 2. The molecule has 0 radical (unpaired) electrons. The lowest BCUT2D eigenvalue weighted by atomic mass is 10.1. The smallest absolute Gasteiger partial charge is 0.0287 e. The van der Waals surface area contributed by atoms with E-state index in [9.17, 15) is 0 Å². The molecule has 2 aromatic rings. The van der Waals surface area contributed by atoms with E-state index in [0.29, 0.717) is 0 Å². The molecule has 0 amide bonds. The van der Waals surface area contributed by atoms with Crippen LogP contribution in [0.2, 0.25) is 0 Å². The number of hydrogen-bond donors (Lipinski definition) is 0. The van der Waals surface area contributed by atoms with Crippen LogP contribution in [-0.4, -0.2) is 11.5 Å². The second kappa shape index (κ2) is 3.52. The van der Waals surface area contributed by atoms with Crippen LogP contribution in [0.15, 0.2) is 46.2 Å². The quantitative estimate of drug-likeness (QED) is 0.654. The first kappa shape index (κ1) is 8.69. The molecule has 0 aliphatic carbocycles. The fraction of sp³-hybridized carbons (Fsp3) is 0.167. The van der Waals surface area contributed by atoms with Gasteiger partial charge in [0.05, 0.1) is 0 Å². The lowest BCUT2D eigenvalue weighted by Gasteiger charge is -2.16. The third-order valence-electron chi connectivity index (χ3n) is 2.43. The molecule has 0 nitrogen and oxygen atoms in total. The zero-order chi connectivity index (χ0) is 9.38.